The minimum atomic E-state index is -3.97. The molecule has 0 aromatic heterocycles. The summed E-state index contributed by atoms with van der Waals surface area (Å²) in [5.74, 6) is 0. The van der Waals surface area contributed by atoms with Crippen LogP contribution in [-0.2, 0) is 16.6 Å². The molecule has 20 heavy (non-hydrogen) atoms. The van der Waals surface area contributed by atoms with E-state index in [0.29, 0.717) is 15.0 Å². The first-order valence-corrected chi connectivity index (χ1v) is 7.51. The van der Waals surface area contributed by atoms with Crippen LogP contribution < -0.4 is 0 Å². The Bertz CT molecular complexity index is 687. The highest BCUT2D eigenvalue weighted by molar-refractivity contribution is 7.89. The van der Waals surface area contributed by atoms with E-state index in [9.17, 15) is 13.3 Å². The largest absolute Gasteiger partial charge is 0.281 e. The van der Waals surface area contributed by atoms with Crippen LogP contribution in [0.15, 0.2) is 64.8 Å². The molecule has 2 aromatic rings. The van der Waals surface area contributed by atoms with Crippen molar-refractivity contribution in [1.29, 1.82) is 0 Å². The first-order valence-electron chi connectivity index (χ1n) is 5.69. The quantitative estimate of drug-likeness (QED) is 0.629. The van der Waals surface area contributed by atoms with Gasteiger partial charge in [0.25, 0.3) is 10.0 Å². The van der Waals surface area contributed by atoms with Gasteiger partial charge in [-0.25, -0.2) is 0 Å². The zero-order valence-corrected chi connectivity index (χ0v) is 11.9. The van der Waals surface area contributed by atoms with Crippen LogP contribution in [0.1, 0.15) is 5.56 Å². The Morgan fingerprint density at radius 1 is 1.00 bits per heavy atom. The predicted octanol–water partition coefficient (Wildman–Crippen LogP) is 3.21. The summed E-state index contributed by atoms with van der Waals surface area (Å²) < 4.78 is 25.1. The zero-order valence-electron chi connectivity index (χ0n) is 10.3. The Kier molecular flexibility index (Phi) is 4.36. The second-order valence-electron chi connectivity index (χ2n) is 4.01. The molecule has 0 fully saturated rings. The minimum absolute atomic E-state index is 0.0302. The number of sulfonamides is 1. The Hall–Kier alpha value is -1.92. The van der Waals surface area contributed by atoms with Crippen LogP contribution in [0.5, 0.6) is 0 Å². The van der Waals surface area contributed by atoms with E-state index in [1.807, 2.05) is 0 Å². The van der Waals surface area contributed by atoms with Crippen molar-refractivity contribution in [3.8, 4) is 0 Å². The van der Waals surface area contributed by atoms with Gasteiger partial charge in [0.05, 0.1) is 16.7 Å². The van der Waals surface area contributed by atoms with Crippen LogP contribution in [0, 0.1) is 4.91 Å². The Balaban J connectivity index is 2.30. The van der Waals surface area contributed by atoms with E-state index in [1.165, 1.54) is 24.3 Å². The summed E-state index contributed by atoms with van der Waals surface area (Å²) in [5, 5.41) is 3.03. The van der Waals surface area contributed by atoms with E-state index in [0.717, 1.165) is 0 Å². The first kappa shape index (κ1) is 14.5. The highest BCUT2D eigenvalue weighted by Gasteiger charge is 2.24. The van der Waals surface area contributed by atoms with Crippen molar-refractivity contribution in [3.05, 3.63) is 70.1 Å². The summed E-state index contributed by atoms with van der Waals surface area (Å²) >= 11 is 5.71. The van der Waals surface area contributed by atoms with E-state index in [4.69, 9.17) is 11.6 Å². The number of halogens is 1. The molecule has 0 radical (unpaired) electrons. The topological polar surface area (TPSA) is 66.8 Å². The Morgan fingerprint density at radius 3 is 2.15 bits per heavy atom. The molecule has 0 N–H and O–H groups in total. The third-order valence-electron chi connectivity index (χ3n) is 2.64. The van der Waals surface area contributed by atoms with Crippen LogP contribution >= 0.6 is 11.6 Å². The lowest BCUT2D eigenvalue weighted by molar-refractivity contribution is 0.421. The number of hydrogen-bond acceptors (Lipinski definition) is 4. The second kappa shape index (κ2) is 6.02. The molecule has 0 saturated heterocycles. The van der Waals surface area contributed by atoms with E-state index in [-0.39, 0.29) is 11.4 Å². The van der Waals surface area contributed by atoms with Gasteiger partial charge in [-0.2, -0.15) is 8.42 Å². The number of nitroso groups, excluding NO2 is 1. The summed E-state index contributed by atoms with van der Waals surface area (Å²) in [6, 6.07) is 14.3. The van der Waals surface area contributed by atoms with Gasteiger partial charge in [0.2, 0.25) is 0 Å². The molecule has 2 rings (SSSR count). The van der Waals surface area contributed by atoms with Crippen LogP contribution in [0.4, 0.5) is 0 Å². The molecule has 7 heteroatoms. The molecule has 0 spiro atoms. The Morgan fingerprint density at radius 2 is 1.60 bits per heavy atom. The van der Waals surface area contributed by atoms with Crippen LogP contribution in [-0.4, -0.2) is 12.8 Å². The van der Waals surface area contributed by atoms with E-state index in [2.05, 4.69) is 5.29 Å². The van der Waals surface area contributed by atoms with Crippen LogP contribution in [0.3, 0.4) is 0 Å². The average Bonchev–Trinajstić information content (AvgIpc) is 2.46. The maximum absolute atomic E-state index is 12.3. The lowest BCUT2D eigenvalue weighted by atomic mass is 10.2. The van der Waals surface area contributed by atoms with Gasteiger partial charge < -0.3 is 0 Å². The lowest BCUT2D eigenvalue weighted by Crippen LogP contribution is -2.25. The molecule has 0 heterocycles. The van der Waals surface area contributed by atoms with Crippen molar-refractivity contribution in [1.82, 2.24) is 4.41 Å². The third kappa shape index (κ3) is 3.15. The summed E-state index contributed by atoms with van der Waals surface area (Å²) in [7, 11) is -3.97. The third-order valence-corrected chi connectivity index (χ3v) is 4.51. The molecule has 0 amide bonds. The number of hydrogen-bond donors (Lipinski definition) is 0. The van der Waals surface area contributed by atoms with Gasteiger partial charge in [0, 0.05) is 5.02 Å². The van der Waals surface area contributed by atoms with Gasteiger partial charge in [-0.3, -0.25) is 0 Å². The lowest BCUT2D eigenvalue weighted by Gasteiger charge is -2.15. The Labute approximate surface area is 121 Å². The van der Waals surface area contributed by atoms with Crippen molar-refractivity contribution >= 4 is 21.6 Å². The predicted molar refractivity (Wildman–Crippen MR) is 76.4 cm³/mol. The molecule has 0 aliphatic rings. The molecular weight excluding hydrogens is 300 g/mol. The maximum atomic E-state index is 12.3. The molecule has 104 valence electrons. The molecular formula is C13H11ClN2O3S. The van der Waals surface area contributed by atoms with Crippen LogP contribution in [0.25, 0.3) is 0 Å². The van der Waals surface area contributed by atoms with Crippen LogP contribution in [0.2, 0.25) is 5.02 Å². The molecule has 0 saturated carbocycles. The van der Waals surface area contributed by atoms with Crippen molar-refractivity contribution in [2.24, 2.45) is 5.29 Å². The van der Waals surface area contributed by atoms with Crippen molar-refractivity contribution in [2.75, 3.05) is 0 Å². The fraction of sp³-hybridized carbons (Fsp3) is 0.0769. The van der Waals surface area contributed by atoms with Gasteiger partial charge in [-0.05, 0) is 29.8 Å². The SMILES string of the molecule is O=NN(Cc1ccccc1)S(=O)(=O)c1ccc(Cl)cc1. The highest BCUT2D eigenvalue weighted by atomic mass is 35.5. The van der Waals surface area contributed by atoms with Crippen molar-refractivity contribution in [2.45, 2.75) is 11.4 Å². The van der Waals surface area contributed by atoms with Gasteiger partial charge in [-0.1, -0.05) is 41.9 Å². The molecule has 5 nitrogen and oxygen atoms in total. The van der Waals surface area contributed by atoms with Gasteiger partial charge in [0.15, 0.2) is 0 Å². The second-order valence-corrected chi connectivity index (χ2v) is 6.29. The summed E-state index contributed by atoms with van der Waals surface area (Å²) in [4.78, 5) is 10.8. The first-order chi connectivity index (χ1) is 9.54. The fourth-order valence-corrected chi connectivity index (χ4v) is 2.88. The molecule has 0 aliphatic carbocycles. The average molecular weight is 311 g/mol. The molecule has 0 aliphatic heterocycles. The normalized spacial score (nSPS) is 11.1. The molecule has 0 bridgehead atoms. The maximum Gasteiger partial charge on any atom is 0.281 e. The number of rotatable bonds is 5. The monoisotopic (exact) mass is 310 g/mol. The summed E-state index contributed by atoms with van der Waals surface area (Å²) in [6.45, 7) is -0.116. The summed E-state index contributed by atoms with van der Waals surface area (Å²) in [6.07, 6.45) is 0. The smallest absolute Gasteiger partial charge is 0.200 e. The van der Waals surface area contributed by atoms with Gasteiger partial charge >= 0.3 is 0 Å². The van der Waals surface area contributed by atoms with E-state index in [1.54, 1.807) is 30.3 Å². The molecule has 0 unspecified atom stereocenters. The van der Waals surface area contributed by atoms with Gasteiger partial charge in [0.1, 0.15) is 0 Å². The minimum Gasteiger partial charge on any atom is -0.200 e. The molecule has 2 aromatic carbocycles. The number of benzene rings is 2. The van der Waals surface area contributed by atoms with E-state index < -0.39 is 10.0 Å². The standard InChI is InChI=1S/C13H11ClN2O3S/c14-12-6-8-13(9-7-12)20(18,19)16(15-17)10-11-4-2-1-3-5-11/h1-9H,10H2. The fourth-order valence-electron chi connectivity index (χ4n) is 1.63. The molecule has 0 atom stereocenters. The van der Waals surface area contributed by atoms with Gasteiger partial charge in [-0.15, -0.1) is 9.32 Å². The zero-order chi connectivity index (χ0) is 14.6. The van der Waals surface area contributed by atoms with Crippen molar-refractivity contribution in [3.63, 3.8) is 0 Å². The number of nitrogens with zero attached hydrogens (tertiary/aromatic N) is 2. The van der Waals surface area contributed by atoms with E-state index >= 15 is 0 Å². The summed E-state index contributed by atoms with van der Waals surface area (Å²) in [5.41, 5.74) is 0.671. The van der Waals surface area contributed by atoms with Crippen molar-refractivity contribution < 1.29 is 8.42 Å². The highest BCUT2D eigenvalue weighted by Crippen LogP contribution is 2.20.